The minimum absolute atomic E-state index is 0.0502. The van der Waals surface area contributed by atoms with E-state index in [1.165, 1.54) is 0 Å². The molecule has 1 fully saturated rings. The van der Waals surface area contributed by atoms with E-state index in [1.54, 1.807) is 46.4 Å². The van der Waals surface area contributed by atoms with E-state index in [4.69, 9.17) is 0 Å². The van der Waals surface area contributed by atoms with Crippen LogP contribution >= 0.6 is 0 Å². The molecule has 3 heterocycles. The number of piperidine rings is 1. The lowest BCUT2D eigenvalue weighted by atomic mass is 10.0. The minimum Gasteiger partial charge on any atom is -0.337 e. The van der Waals surface area contributed by atoms with Crippen molar-refractivity contribution in [3.8, 4) is 0 Å². The van der Waals surface area contributed by atoms with E-state index in [-0.39, 0.29) is 17.5 Å². The van der Waals surface area contributed by atoms with Gasteiger partial charge in [-0.3, -0.25) is 19.1 Å². The molecule has 1 atom stereocenters. The molecular formula is C21H20N4O2. The highest BCUT2D eigenvalue weighted by atomic mass is 16.2. The molecule has 1 aliphatic rings. The first-order chi connectivity index (χ1) is 13.2. The predicted octanol–water partition coefficient (Wildman–Crippen LogP) is 2.67. The van der Waals surface area contributed by atoms with Crippen molar-refractivity contribution in [2.75, 3.05) is 13.1 Å². The monoisotopic (exact) mass is 360 g/mol. The molecule has 0 saturated carbocycles. The number of benzene rings is 1. The summed E-state index contributed by atoms with van der Waals surface area (Å²) in [4.78, 5) is 35.6. The van der Waals surface area contributed by atoms with Gasteiger partial charge >= 0.3 is 0 Å². The van der Waals surface area contributed by atoms with Gasteiger partial charge in [0.1, 0.15) is 0 Å². The Labute approximate surface area is 156 Å². The van der Waals surface area contributed by atoms with Gasteiger partial charge in [-0.15, -0.1) is 0 Å². The molecule has 1 unspecified atom stereocenters. The van der Waals surface area contributed by atoms with Gasteiger partial charge in [0.25, 0.3) is 5.56 Å². The maximum atomic E-state index is 12.8. The Kier molecular flexibility index (Phi) is 4.78. The van der Waals surface area contributed by atoms with Crippen LogP contribution in [0, 0.1) is 0 Å². The zero-order valence-corrected chi connectivity index (χ0v) is 14.9. The van der Waals surface area contributed by atoms with E-state index >= 15 is 0 Å². The highest BCUT2D eigenvalue weighted by Crippen LogP contribution is 2.21. The largest absolute Gasteiger partial charge is 0.337 e. The zero-order valence-electron chi connectivity index (χ0n) is 14.9. The predicted molar refractivity (Wildman–Crippen MR) is 104 cm³/mol. The minimum atomic E-state index is -0.0564. The van der Waals surface area contributed by atoms with Crippen LogP contribution in [0.25, 0.3) is 17.0 Å². The van der Waals surface area contributed by atoms with Gasteiger partial charge in [-0.1, -0.05) is 18.2 Å². The summed E-state index contributed by atoms with van der Waals surface area (Å²) in [6, 6.07) is 11.0. The Morgan fingerprint density at radius 3 is 2.93 bits per heavy atom. The van der Waals surface area contributed by atoms with Crippen molar-refractivity contribution >= 4 is 22.9 Å². The maximum absolute atomic E-state index is 12.8. The van der Waals surface area contributed by atoms with E-state index in [9.17, 15) is 9.59 Å². The molecule has 0 aliphatic carbocycles. The first-order valence-electron chi connectivity index (χ1n) is 9.05. The Morgan fingerprint density at radius 1 is 1.19 bits per heavy atom. The highest BCUT2D eigenvalue weighted by molar-refractivity contribution is 5.91. The van der Waals surface area contributed by atoms with Crippen LogP contribution in [0.1, 0.15) is 24.4 Å². The standard InChI is InChI=1S/C21H20N4O2/c26-20(10-9-16-5-3-11-22-13-16)24-12-4-6-17(14-24)25-15-23-19-8-2-1-7-18(19)21(25)27/h1-3,5,7-11,13,15,17H,4,6,12,14H2/b10-9+. The van der Waals surface area contributed by atoms with E-state index in [1.807, 2.05) is 30.3 Å². The number of nitrogens with zero attached hydrogens (tertiary/aromatic N) is 4. The Morgan fingerprint density at radius 2 is 2.07 bits per heavy atom. The Bertz CT molecular complexity index is 1040. The average Bonchev–Trinajstić information content (AvgIpc) is 2.73. The summed E-state index contributed by atoms with van der Waals surface area (Å²) in [5, 5.41) is 0.611. The van der Waals surface area contributed by atoms with Gasteiger partial charge in [0, 0.05) is 31.6 Å². The fourth-order valence-corrected chi connectivity index (χ4v) is 3.47. The number of para-hydroxylation sites is 1. The van der Waals surface area contributed by atoms with Crippen LogP contribution in [0.4, 0.5) is 0 Å². The number of amides is 1. The number of hydrogen-bond donors (Lipinski definition) is 0. The molecule has 3 aromatic rings. The van der Waals surface area contributed by atoms with E-state index in [2.05, 4.69) is 9.97 Å². The van der Waals surface area contributed by atoms with Crippen molar-refractivity contribution in [1.29, 1.82) is 0 Å². The molecule has 6 nitrogen and oxygen atoms in total. The molecular weight excluding hydrogens is 340 g/mol. The summed E-state index contributed by atoms with van der Waals surface area (Å²) in [5.41, 5.74) is 1.53. The molecule has 0 spiro atoms. The lowest BCUT2D eigenvalue weighted by Gasteiger charge is -2.33. The number of pyridine rings is 1. The molecule has 0 N–H and O–H groups in total. The number of carbonyl (C=O) groups is 1. The van der Waals surface area contributed by atoms with Crippen molar-refractivity contribution < 1.29 is 4.79 Å². The molecule has 1 amide bonds. The van der Waals surface area contributed by atoms with Crippen LogP contribution < -0.4 is 5.56 Å². The van der Waals surface area contributed by atoms with Gasteiger partial charge in [0.2, 0.25) is 5.91 Å². The summed E-state index contributed by atoms with van der Waals surface area (Å²) in [6.07, 6.45) is 10.1. The molecule has 6 heteroatoms. The lowest BCUT2D eigenvalue weighted by Crippen LogP contribution is -2.42. The molecule has 27 heavy (non-hydrogen) atoms. The first-order valence-corrected chi connectivity index (χ1v) is 9.05. The number of fused-ring (bicyclic) bond motifs is 1. The summed E-state index contributed by atoms with van der Waals surface area (Å²) in [7, 11) is 0. The van der Waals surface area contributed by atoms with Crippen LogP contribution in [-0.4, -0.2) is 38.4 Å². The molecule has 0 radical (unpaired) electrons. The quantitative estimate of drug-likeness (QED) is 0.674. The maximum Gasteiger partial charge on any atom is 0.261 e. The lowest BCUT2D eigenvalue weighted by molar-refractivity contribution is -0.127. The molecule has 4 rings (SSSR count). The zero-order chi connectivity index (χ0) is 18.6. The SMILES string of the molecule is O=C(/C=C/c1cccnc1)N1CCCC(n2cnc3ccccc3c2=O)C1. The second kappa shape index (κ2) is 7.53. The van der Waals surface area contributed by atoms with Gasteiger partial charge < -0.3 is 4.90 Å². The van der Waals surface area contributed by atoms with Gasteiger partial charge in [-0.05, 0) is 42.7 Å². The van der Waals surface area contributed by atoms with Crippen LogP contribution in [0.2, 0.25) is 0 Å². The first kappa shape index (κ1) is 17.1. The van der Waals surface area contributed by atoms with Crippen LogP contribution in [0.3, 0.4) is 0 Å². The van der Waals surface area contributed by atoms with Gasteiger partial charge in [0.05, 0.1) is 23.3 Å². The van der Waals surface area contributed by atoms with Crippen molar-refractivity contribution in [1.82, 2.24) is 19.4 Å². The van der Waals surface area contributed by atoms with E-state index in [0.29, 0.717) is 24.0 Å². The number of likely N-dealkylation sites (tertiary alicyclic amines) is 1. The van der Waals surface area contributed by atoms with E-state index in [0.717, 1.165) is 18.4 Å². The molecule has 136 valence electrons. The number of carbonyl (C=O) groups excluding carboxylic acids is 1. The fraction of sp³-hybridized carbons (Fsp3) is 0.238. The summed E-state index contributed by atoms with van der Waals surface area (Å²) >= 11 is 0. The third kappa shape index (κ3) is 3.65. The van der Waals surface area contributed by atoms with Crippen LogP contribution in [0.15, 0.2) is 66.0 Å². The fourth-order valence-electron chi connectivity index (χ4n) is 3.47. The van der Waals surface area contributed by atoms with Crippen molar-refractivity contribution in [2.45, 2.75) is 18.9 Å². The molecule has 0 bridgehead atoms. The third-order valence-electron chi connectivity index (χ3n) is 4.89. The summed E-state index contributed by atoms with van der Waals surface area (Å²) in [5.74, 6) is -0.0506. The number of hydrogen-bond acceptors (Lipinski definition) is 4. The second-order valence-electron chi connectivity index (χ2n) is 6.67. The van der Waals surface area contributed by atoms with Crippen LogP contribution in [-0.2, 0) is 4.79 Å². The second-order valence-corrected chi connectivity index (χ2v) is 6.67. The van der Waals surface area contributed by atoms with Gasteiger partial charge in [-0.25, -0.2) is 4.98 Å². The third-order valence-corrected chi connectivity index (χ3v) is 4.89. The van der Waals surface area contributed by atoms with Crippen molar-refractivity contribution in [2.24, 2.45) is 0 Å². The normalized spacial score (nSPS) is 17.5. The Balaban J connectivity index is 1.53. The topological polar surface area (TPSA) is 68.1 Å². The van der Waals surface area contributed by atoms with Gasteiger partial charge in [-0.2, -0.15) is 0 Å². The average molecular weight is 360 g/mol. The molecule has 2 aromatic heterocycles. The number of aromatic nitrogens is 3. The van der Waals surface area contributed by atoms with Crippen LogP contribution in [0.5, 0.6) is 0 Å². The summed E-state index contributed by atoms with van der Waals surface area (Å²) < 4.78 is 1.67. The Hall–Kier alpha value is -3.28. The van der Waals surface area contributed by atoms with Crippen molar-refractivity contribution in [3.63, 3.8) is 0 Å². The molecule has 1 saturated heterocycles. The highest BCUT2D eigenvalue weighted by Gasteiger charge is 2.24. The van der Waals surface area contributed by atoms with E-state index < -0.39 is 0 Å². The smallest absolute Gasteiger partial charge is 0.261 e. The summed E-state index contributed by atoms with van der Waals surface area (Å²) in [6.45, 7) is 1.21. The molecule has 1 aliphatic heterocycles. The van der Waals surface area contributed by atoms with Crippen molar-refractivity contribution in [3.05, 3.63) is 77.1 Å². The number of rotatable bonds is 3. The van der Waals surface area contributed by atoms with Gasteiger partial charge in [0.15, 0.2) is 0 Å². The molecule has 1 aromatic carbocycles.